The highest BCUT2D eigenvalue weighted by Gasteiger charge is 2.13. The minimum absolute atomic E-state index is 0.0729. The van der Waals surface area contributed by atoms with Crippen molar-refractivity contribution in [3.63, 3.8) is 0 Å². The molecule has 0 saturated heterocycles. The fraction of sp³-hybridized carbons (Fsp3) is 0.263. The molecule has 0 unspecified atom stereocenters. The van der Waals surface area contributed by atoms with E-state index < -0.39 is 0 Å². The summed E-state index contributed by atoms with van der Waals surface area (Å²) in [7, 11) is 1.47. The van der Waals surface area contributed by atoms with Crippen LogP contribution in [0.5, 0.6) is 11.5 Å². The summed E-state index contributed by atoms with van der Waals surface area (Å²) in [6, 6.07) is 10.6. The monoisotopic (exact) mass is 312 g/mol. The van der Waals surface area contributed by atoms with E-state index in [0.717, 1.165) is 11.1 Å². The Morgan fingerprint density at radius 1 is 0.957 bits per heavy atom. The first-order valence-corrected chi connectivity index (χ1v) is 7.36. The Morgan fingerprint density at radius 2 is 1.70 bits per heavy atom. The molecule has 0 bridgehead atoms. The molecule has 0 saturated carbocycles. The Labute approximate surface area is 136 Å². The van der Waals surface area contributed by atoms with Crippen molar-refractivity contribution in [2.75, 3.05) is 7.11 Å². The molecule has 0 fully saturated rings. The molecule has 4 heteroatoms. The van der Waals surface area contributed by atoms with E-state index in [1.54, 1.807) is 18.2 Å². The molecule has 0 aliphatic carbocycles. The predicted molar refractivity (Wildman–Crippen MR) is 88.3 cm³/mol. The molecule has 0 spiro atoms. The number of carbonyl (C=O) groups excluding carboxylic acids is 2. The highest BCUT2D eigenvalue weighted by Crippen LogP contribution is 2.28. The van der Waals surface area contributed by atoms with Crippen LogP contribution in [0.4, 0.5) is 0 Å². The SMILES string of the molecule is COc1cc(C(C)=O)ccc1OC(=O)Cc1ccc(C)c(C)c1. The van der Waals surface area contributed by atoms with Gasteiger partial charge in [0, 0.05) is 5.56 Å². The van der Waals surface area contributed by atoms with Gasteiger partial charge in [0.15, 0.2) is 17.3 Å². The molecule has 0 aromatic heterocycles. The van der Waals surface area contributed by atoms with Crippen LogP contribution >= 0.6 is 0 Å². The van der Waals surface area contributed by atoms with Gasteiger partial charge in [-0.25, -0.2) is 0 Å². The van der Waals surface area contributed by atoms with E-state index in [1.165, 1.54) is 19.6 Å². The van der Waals surface area contributed by atoms with Crippen molar-refractivity contribution in [1.82, 2.24) is 0 Å². The number of hydrogen-bond donors (Lipinski definition) is 0. The van der Waals surface area contributed by atoms with Gasteiger partial charge in [-0.15, -0.1) is 0 Å². The minimum Gasteiger partial charge on any atom is -0.493 e. The number of carbonyl (C=O) groups is 2. The average Bonchev–Trinajstić information content (AvgIpc) is 2.51. The molecule has 2 aromatic rings. The summed E-state index contributed by atoms with van der Waals surface area (Å²) in [6.45, 7) is 5.51. The smallest absolute Gasteiger partial charge is 0.315 e. The Hall–Kier alpha value is -2.62. The van der Waals surface area contributed by atoms with Crippen LogP contribution in [0.3, 0.4) is 0 Å². The first-order valence-electron chi connectivity index (χ1n) is 7.36. The lowest BCUT2D eigenvalue weighted by Gasteiger charge is -2.10. The zero-order valence-corrected chi connectivity index (χ0v) is 13.8. The normalized spacial score (nSPS) is 10.3. The third kappa shape index (κ3) is 4.19. The number of esters is 1. The summed E-state index contributed by atoms with van der Waals surface area (Å²) < 4.78 is 10.6. The number of ketones is 1. The molecule has 0 amide bonds. The second-order valence-corrected chi connectivity index (χ2v) is 5.49. The zero-order valence-electron chi connectivity index (χ0n) is 13.8. The number of rotatable bonds is 5. The van der Waals surface area contributed by atoms with Gasteiger partial charge in [0.25, 0.3) is 0 Å². The third-order valence-electron chi connectivity index (χ3n) is 3.71. The number of hydrogen-bond acceptors (Lipinski definition) is 4. The molecule has 120 valence electrons. The molecule has 0 aliphatic rings. The fourth-order valence-corrected chi connectivity index (χ4v) is 2.21. The first-order chi connectivity index (χ1) is 10.9. The summed E-state index contributed by atoms with van der Waals surface area (Å²) in [5, 5.41) is 0. The van der Waals surface area contributed by atoms with Crippen molar-refractivity contribution < 1.29 is 19.1 Å². The van der Waals surface area contributed by atoms with Gasteiger partial charge in [-0.05, 0) is 55.7 Å². The van der Waals surface area contributed by atoms with E-state index in [4.69, 9.17) is 9.47 Å². The van der Waals surface area contributed by atoms with E-state index in [2.05, 4.69) is 0 Å². The van der Waals surface area contributed by atoms with Crippen LogP contribution in [0.25, 0.3) is 0 Å². The Kier molecular flexibility index (Phi) is 5.16. The Bertz CT molecular complexity index is 747. The highest BCUT2D eigenvalue weighted by molar-refractivity contribution is 5.94. The van der Waals surface area contributed by atoms with Crippen molar-refractivity contribution in [3.05, 3.63) is 58.7 Å². The molecule has 0 aliphatic heterocycles. The standard InChI is InChI=1S/C19H20O4/c1-12-5-6-15(9-13(12)2)10-19(21)23-17-8-7-16(14(3)20)11-18(17)22-4/h5-9,11H,10H2,1-4H3. The molecule has 0 N–H and O–H groups in total. The number of Topliss-reactive ketones (excluding diaryl/α,β-unsaturated/α-hetero) is 1. The summed E-state index contributed by atoms with van der Waals surface area (Å²) in [6.07, 6.45) is 0.179. The first kappa shape index (κ1) is 16.7. The molecule has 2 aromatic carbocycles. The van der Waals surface area contributed by atoms with Crippen LogP contribution in [0.2, 0.25) is 0 Å². The molecule has 0 atom stereocenters. The van der Waals surface area contributed by atoms with E-state index in [9.17, 15) is 9.59 Å². The molecule has 2 rings (SSSR count). The maximum Gasteiger partial charge on any atom is 0.315 e. The zero-order chi connectivity index (χ0) is 17.0. The van der Waals surface area contributed by atoms with Gasteiger partial charge in [0.2, 0.25) is 0 Å². The summed E-state index contributed by atoms with van der Waals surface area (Å²) in [5.41, 5.74) is 3.73. The van der Waals surface area contributed by atoms with Gasteiger partial charge in [0.05, 0.1) is 13.5 Å². The van der Waals surface area contributed by atoms with E-state index in [0.29, 0.717) is 17.1 Å². The third-order valence-corrected chi connectivity index (χ3v) is 3.71. The summed E-state index contributed by atoms with van der Waals surface area (Å²) >= 11 is 0. The largest absolute Gasteiger partial charge is 0.493 e. The van der Waals surface area contributed by atoms with Gasteiger partial charge >= 0.3 is 5.97 Å². The van der Waals surface area contributed by atoms with Crippen molar-refractivity contribution in [3.8, 4) is 11.5 Å². The van der Waals surface area contributed by atoms with Crippen molar-refractivity contribution in [2.24, 2.45) is 0 Å². The molecule has 23 heavy (non-hydrogen) atoms. The van der Waals surface area contributed by atoms with Crippen molar-refractivity contribution >= 4 is 11.8 Å². The Balaban J connectivity index is 2.13. The summed E-state index contributed by atoms with van der Waals surface area (Å²) in [4.78, 5) is 23.5. The molecule has 0 heterocycles. The van der Waals surface area contributed by atoms with Crippen LogP contribution in [-0.4, -0.2) is 18.9 Å². The molecular weight excluding hydrogens is 292 g/mol. The molecule has 0 radical (unpaired) electrons. The number of aryl methyl sites for hydroxylation is 2. The number of methoxy groups -OCH3 is 1. The highest BCUT2D eigenvalue weighted by atomic mass is 16.6. The van der Waals surface area contributed by atoms with Gasteiger partial charge in [-0.3, -0.25) is 9.59 Å². The average molecular weight is 312 g/mol. The lowest BCUT2D eigenvalue weighted by atomic mass is 10.0. The van der Waals surface area contributed by atoms with E-state index in [-0.39, 0.29) is 18.2 Å². The molecular formula is C19H20O4. The minimum atomic E-state index is -0.373. The Morgan fingerprint density at radius 3 is 2.30 bits per heavy atom. The topological polar surface area (TPSA) is 52.6 Å². The van der Waals surface area contributed by atoms with Crippen LogP contribution in [-0.2, 0) is 11.2 Å². The fourth-order valence-electron chi connectivity index (χ4n) is 2.21. The number of ether oxygens (including phenoxy) is 2. The van der Waals surface area contributed by atoms with E-state index >= 15 is 0 Å². The predicted octanol–water partition coefficient (Wildman–Crippen LogP) is 3.66. The molecule has 4 nitrogen and oxygen atoms in total. The van der Waals surface area contributed by atoms with Crippen molar-refractivity contribution in [1.29, 1.82) is 0 Å². The van der Waals surface area contributed by atoms with Crippen molar-refractivity contribution in [2.45, 2.75) is 27.2 Å². The summed E-state index contributed by atoms with van der Waals surface area (Å²) in [5.74, 6) is 0.232. The van der Waals surface area contributed by atoms with Crippen LogP contribution in [0, 0.1) is 13.8 Å². The van der Waals surface area contributed by atoms with Crippen LogP contribution in [0.1, 0.15) is 34.0 Å². The van der Waals surface area contributed by atoms with Gasteiger partial charge in [0.1, 0.15) is 0 Å². The van der Waals surface area contributed by atoms with Gasteiger partial charge in [-0.1, -0.05) is 18.2 Å². The lowest BCUT2D eigenvalue weighted by molar-refractivity contribution is -0.133. The quantitative estimate of drug-likeness (QED) is 0.480. The second-order valence-electron chi connectivity index (χ2n) is 5.49. The second kappa shape index (κ2) is 7.09. The van der Waals surface area contributed by atoms with Crippen LogP contribution < -0.4 is 9.47 Å². The maximum absolute atomic E-state index is 12.1. The van der Waals surface area contributed by atoms with Gasteiger partial charge in [-0.2, -0.15) is 0 Å². The van der Waals surface area contributed by atoms with E-state index in [1.807, 2.05) is 32.0 Å². The maximum atomic E-state index is 12.1. The number of benzene rings is 2. The van der Waals surface area contributed by atoms with Gasteiger partial charge < -0.3 is 9.47 Å². The lowest BCUT2D eigenvalue weighted by Crippen LogP contribution is -2.12. The van der Waals surface area contributed by atoms with Crippen LogP contribution in [0.15, 0.2) is 36.4 Å².